The Hall–Kier alpha value is -1.24. The fourth-order valence-corrected chi connectivity index (χ4v) is 4.61. The quantitative estimate of drug-likeness (QED) is 0.300. The number of hydrogen-bond acceptors (Lipinski definition) is 5. The molecule has 0 spiro atoms. The summed E-state index contributed by atoms with van der Waals surface area (Å²) < 4.78 is 27.2. The Morgan fingerprint density at radius 2 is 2.00 bits per heavy atom. The molecule has 2 N–H and O–H groups in total. The molecule has 160 valence electrons. The van der Waals surface area contributed by atoms with E-state index in [0.29, 0.717) is 18.0 Å². The number of nitrogens with one attached hydrogen (secondary N) is 2. The van der Waals surface area contributed by atoms with Gasteiger partial charge in [0.15, 0.2) is 5.96 Å². The summed E-state index contributed by atoms with van der Waals surface area (Å²) in [5.41, 5.74) is 1.98. The topological polar surface area (TPSA) is 86.7 Å². The molecule has 0 amide bonds. The van der Waals surface area contributed by atoms with Crippen molar-refractivity contribution in [2.75, 3.05) is 13.6 Å². The fourth-order valence-electron chi connectivity index (χ4n) is 2.70. The highest BCUT2D eigenvalue weighted by molar-refractivity contribution is 14.0. The van der Waals surface area contributed by atoms with E-state index >= 15 is 0 Å². The van der Waals surface area contributed by atoms with E-state index in [1.165, 1.54) is 0 Å². The maximum absolute atomic E-state index is 12.2. The number of hydrogen-bond donors (Lipinski definition) is 2. The van der Waals surface area contributed by atoms with Crippen molar-refractivity contribution in [2.24, 2.45) is 4.99 Å². The van der Waals surface area contributed by atoms with Gasteiger partial charge in [0.2, 0.25) is 10.0 Å². The molecule has 1 aliphatic carbocycles. The Morgan fingerprint density at radius 3 is 2.55 bits per heavy atom. The molecular formula is C19H28IN5O2S2. The molecule has 1 aliphatic rings. The molecule has 1 aromatic carbocycles. The number of nitrogens with zero attached hydrogens (tertiary/aromatic N) is 3. The van der Waals surface area contributed by atoms with Gasteiger partial charge in [0.1, 0.15) is 0 Å². The van der Waals surface area contributed by atoms with E-state index in [2.05, 4.69) is 25.4 Å². The zero-order valence-electron chi connectivity index (χ0n) is 16.9. The van der Waals surface area contributed by atoms with Crippen molar-refractivity contribution in [3.63, 3.8) is 0 Å². The lowest BCUT2D eigenvalue weighted by Gasteiger charge is -2.21. The van der Waals surface area contributed by atoms with Gasteiger partial charge in [-0.25, -0.2) is 23.1 Å². The van der Waals surface area contributed by atoms with Gasteiger partial charge in [-0.05, 0) is 44.4 Å². The average molecular weight is 550 g/mol. The number of guanidine groups is 1. The normalized spacial score (nSPS) is 14.4. The summed E-state index contributed by atoms with van der Waals surface area (Å²) in [7, 11) is -1.43. The van der Waals surface area contributed by atoms with Crippen molar-refractivity contribution in [1.29, 1.82) is 0 Å². The number of aryl methyl sites for hydroxylation is 1. The molecule has 0 bridgehead atoms. The first-order chi connectivity index (χ1) is 13.4. The first-order valence-electron chi connectivity index (χ1n) is 9.39. The molecule has 1 aromatic heterocycles. The van der Waals surface area contributed by atoms with Crippen molar-refractivity contribution < 1.29 is 8.42 Å². The molecule has 1 saturated carbocycles. The van der Waals surface area contributed by atoms with Crippen LogP contribution in [0.3, 0.4) is 0 Å². The Morgan fingerprint density at radius 1 is 1.31 bits per heavy atom. The molecule has 7 nitrogen and oxygen atoms in total. The molecular weight excluding hydrogens is 521 g/mol. The van der Waals surface area contributed by atoms with Crippen molar-refractivity contribution in [3.05, 3.63) is 45.9 Å². The lowest BCUT2D eigenvalue weighted by molar-refractivity contribution is 0.471. The van der Waals surface area contributed by atoms with E-state index in [-0.39, 0.29) is 30.0 Å². The van der Waals surface area contributed by atoms with Crippen LogP contribution in [0.2, 0.25) is 0 Å². The summed E-state index contributed by atoms with van der Waals surface area (Å²) in [6.45, 7) is 5.95. The van der Waals surface area contributed by atoms with Crippen molar-refractivity contribution in [3.8, 4) is 0 Å². The molecule has 0 aliphatic heterocycles. The summed E-state index contributed by atoms with van der Waals surface area (Å²) in [6.07, 6.45) is 1.85. The van der Waals surface area contributed by atoms with Crippen LogP contribution < -0.4 is 10.0 Å². The minimum atomic E-state index is -3.41. The largest absolute Gasteiger partial charge is 0.357 e. The number of thiazole rings is 1. The Labute approximate surface area is 194 Å². The van der Waals surface area contributed by atoms with E-state index in [9.17, 15) is 8.42 Å². The van der Waals surface area contributed by atoms with Crippen LogP contribution in [0.15, 0.2) is 39.5 Å². The fraction of sp³-hybridized carbons (Fsp3) is 0.474. The van der Waals surface area contributed by atoms with Crippen LogP contribution in [0.4, 0.5) is 0 Å². The zero-order chi connectivity index (χ0) is 20.1. The van der Waals surface area contributed by atoms with Crippen LogP contribution in [0.5, 0.6) is 0 Å². The van der Waals surface area contributed by atoms with Crippen molar-refractivity contribution in [2.45, 2.75) is 50.7 Å². The van der Waals surface area contributed by atoms with Crippen molar-refractivity contribution >= 4 is 51.3 Å². The maximum atomic E-state index is 12.2. The van der Waals surface area contributed by atoms with Gasteiger partial charge >= 0.3 is 0 Å². The first kappa shape index (κ1) is 24.0. The van der Waals surface area contributed by atoms with Crippen LogP contribution in [-0.4, -0.2) is 43.9 Å². The lowest BCUT2D eigenvalue weighted by Crippen LogP contribution is -2.38. The third-order valence-electron chi connectivity index (χ3n) is 4.31. The molecule has 2 aromatic rings. The predicted molar refractivity (Wildman–Crippen MR) is 128 cm³/mol. The van der Waals surface area contributed by atoms with Crippen molar-refractivity contribution in [1.82, 2.24) is 19.9 Å². The SMILES string of the molecule is CCNC(=NCc1ccc(S(=O)(=O)NC2CC2)cc1)N(C)Cc1csc(C)n1.I. The van der Waals surface area contributed by atoms with E-state index < -0.39 is 10.0 Å². The van der Waals surface area contributed by atoms with Gasteiger partial charge in [-0.2, -0.15) is 0 Å². The second-order valence-corrected chi connectivity index (χ2v) is 9.70. The van der Waals surface area contributed by atoms with Gasteiger partial charge in [-0.1, -0.05) is 12.1 Å². The number of halogens is 1. The van der Waals surface area contributed by atoms with Crippen LogP contribution in [0.1, 0.15) is 36.0 Å². The molecule has 3 rings (SSSR count). The van der Waals surface area contributed by atoms with E-state index in [1.807, 2.05) is 37.9 Å². The molecule has 0 radical (unpaired) electrons. The standard InChI is InChI=1S/C19H27N5O2S2.HI/c1-4-20-19(24(3)12-17-13-27-14(2)22-17)21-11-15-5-9-18(10-6-15)28(25,26)23-16-7-8-16;/h5-6,9-10,13,16,23H,4,7-8,11-12H2,1-3H3,(H,20,21);1H. The highest BCUT2D eigenvalue weighted by atomic mass is 127. The zero-order valence-corrected chi connectivity index (χ0v) is 20.8. The highest BCUT2D eigenvalue weighted by Crippen LogP contribution is 2.22. The molecule has 10 heteroatoms. The Bertz CT molecular complexity index is 924. The van der Waals surface area contributed by atoms with E-state index in [1.54, 1.807) is 23.5 Å². The van der Waals surface area contributed by atoms with E-state index in [4.69, 9.17) is 0 Å². The number of aromatic nitrogens is 1. The maximum Gasteiger partial charge on any atom is 0.240 e. The summed E-state index contributed by atoms with van der Waals surface area (Å²) in [5, 5.41) is 6.40. The molecule has 1 heterocycles. The summed E-state index contributed by atoms with van der Waals surface area (Å²) in [4.78, 5) is 11.5. The molecule has 0 atom stereocenters. The number of aliphatic imine (C=N–C) groups is 1. The smallest absolute Gasteiger partial charge is 0.240 e. The third kappa shape index (κ3) is 7.19. The molecule has 1 fully saturated rings. The van der Waals surface area contributed by atoms with Gasteiger partial charge in [0.05, 0.1) is 28.7 Å². The second-order valence-electron chi connectivity index (χ2n) is 6.92. The summed E-state index contributed by atoms with van der Waals surface area (Å²) >= 11 is 1.64. The Balaban J connectivity index is 0.00000300. The molecule has 29 heavy (non-hydrogen) atoms. The van der Waals surface area contributed by atoms with Crippen LogP contribution in [-0.2, 0) is 23.1 Å². The monoisotopic (exact) mass is 549 g/mol. The Kier molecular flexibility index (Phi) is 8.86. The average Bonchev–Trinajstić information content (AvgIpc) is 3.37. The predicted octanol–water partition coefficient (Wildman–Crippen LogP) is 3.11. The van der Waals surface area contributed by atoms with Gasteiger partial charge < -0.3 is 10.2 Å². The van der Waals surface area contributed by atoms with E-state index in [0.717, 1.165) is 41.6 Å². The van der Waals surface area contributed by atoms with Crippen LogP contribution in [0, 0.1) is 6.92 Å². The summed E-state index contributed by atoms with van der Waals surface area (Å²) in [6, 6.07) is 7.03. The molecule has 0 saturated heterocycles. The highest BCUT2D eigenvalue weighted by Gasteiger charge is 2.27. The minimum Gasteiger partial charge on any atom is -0.357 e. The van der Waals surface area contributed by atoms with Crippen LogP contribution in [0.25, 0.3) is 0 Å². The number of rotatable bonds is 8. The third-order valence-corrected chi connectivity index (χ3v) is 6.67. The second kappa shape index (κ2) is 10.7. The van der Waals surface area contributed by atoms with Gasteiger partial charge in [0.25, 0.3) is 0 Å². The van der Waals surface area contributed by atoms with Crippen LogP contribution >= 0.6 is 35.3 Å². The number of sulfonamides is 1. The van der Waals surface area contributed by atoms with Gasteiger partial charge in [-0.15, -0.1) is 35.3 Å². The minimum absolute atomic E-state index is 0. The molecule has 0 unspecified atom stereocenters. The first-order valence-corrected chi connectivity index (χ1v) is 11.8. The lowest BCUT2D eigenvalue weighted by atomic mass is 10.2. The van der Waals surface area contributed by atoms with Gasteiger partial charge in [0, 0.05) is 25.0 Å². The number of benzene rings is 1. The summed E-state index contributed by atoms with van der Waals surface area (Å²) in [5.74, 6) is 0.792. The van der Waals surface area contributed by atoms with Gasteiger partial charge in [-0.3, -0.25) is 0 Å².